The quantitative estimate of drug-likeness (QED) is 0.349. The number of carbonyl (C=O) groups is 1. The van der Waals surface area contributed by atoms with Gasteiger partial charge in [0, 0.05) is 56.1 Å². The van der Waals surface area contributed by atoms with Crippen LogP contribution in [0.3, 0.4) is 0 Å². The number of piperidine rings is 1. The van der Waals surface area contributed by atoms with E-state index in [0.29, 0.717) is 5.89 Å². The smallest absolute Gasteiger partial charge is 0.277 e. The zero-order valence-electron chi connectivity index (χ0n) is 22.0. The Balaban J connectivity index is 1.43. The maximum Gasteiger partial charge on any atom is 0.277 e. The second-order valence-electron chi connectivity index (χ2n) is 10.3. The third-order valence-corrected chi connectivity index (χ3v) is 6.98. The lowest BCUT2D eigenvalue weighted by Crippen LogP contribution is -2.30. The summed E-state index contributed by atoms with van der Waals surface area (Å²) in [6.45, 7) is 7.96. The van der Waals surface area contributed by atoms with Crippen LogP contribution < -0.4 is 10.2 Å². The number of pyridine rings is 2. The summed E-state index contributed by atoms with van der Waals surface area (Å²) < 4.78 is 13.2. The van der Waals surface area contributed by atoms with E-state index in [1.165, 1.54) is 12.7 Å². The molecule has 1 saturated heterocycles. The monoisotopic (exact) mass is 502 g/mol. The number of nitrogens with one attached hydrogen (secondary N) is 1. The average molecular weight is 503 g/mol. The molecule has 0 spiro atoms. The zero-order valence-corrected chi connectivity index (χ0v) is 22.0. The molecule has 0 aromatic carbocycles. The van der Waals surface area contributed by atoms with Gasteiger partial charge >= 0.3 is 0 Å². The Morgan fingerprint density at radius 1 is 1.16 bits per heavy atom. The molecule has 9 nitrogen and oxygen atoms in total. The van der Waals surface area contributed by atoms with Crippen molar-refractivity contribution in [1.29, 1.82) is 0 Å². The Hall–Kier alpha value is -3.72. The summed E-state index contributed by atoms with van der Waals surface area (Å²) in [4.78, 5) is 29.1. The van der Waals surface area contributed by atoms with Crippen LogP contribution in [-0.2, 0) is 11.2 Å². The molecular weight excluding hydrogens is 468 g/mol. The minimum atomic E-state index is -0.319. The van der Waals surface area contributed by atoms with Crippen LogP contribution in [0.2, 0.25) is 0 Å². The highest BCUT2D eigenvalue weighted by Gasteiger charge is 2.21. The van der Waals surface area contributed by atoms with Crippen LogP contribution in [0.15, 0.2) is 47.5 Å². The van der Waals surface area contributed by atoms with Gasteiger partial charge in [0.05, 0.1) is 22.7 Å². The summed E-state index contributed by atoms with van der Waals surface area (Å²) >= 11 is 0. The number of ether oxygens (including phenoxy) is 1. The second-order valence-corrected chi connectivity index (χ2v) is 10.3. The number of amides is 1. The number of aryl methyl sites for hydroxylation is 2. The van der Waals surface area contributed by atoms with Gasteiger partial charge in [0.2, 0.25) is 5.89 Å². The van der Waals surface area contributed by atoms with Crippen LogP contribution in [0.4, 0.5) is 11.4 Å². The minimum Gasteiger partial charge on any atom is -0.444 e. The molecule has 0 bridgehead atoms. The number of imidazole rings is 1. The Morgan fingerprint density at radius 3 is 2.73 bits per heavy atom. The predicted octanol–water partition coefficient (Wildman–Crippen LogP) is 5.29. The summed E-state index contributed by atoms with van der Waals surface area (Å²) in [6.07, 6.45) is 12.2. The van der Waals surface area contributed by atoms with E-state index in [2.05, 4.69) is 40.1 Å². The van der Waals surface area contributed by atoms with Crippen molar-refractivity contribution in [3.63, 3.8) is 0 Å². The molecule has 1 N–H and O–H groups in total. The number of rotatable bonds is 8. The second kappa shape index (κ2) is 10.3. The summed E-state index contributed by atoms with van der Waals surface area (Å²) in [7, 11) is 1.74. The molecule has 5 heterocycles. The van der Waals surface area contributed by atoms with Crippen molar-refractivity contribution in [3.8, 4) is 11.5 Å². The summed E-state index contributed by atoms with van der Waals surface area (Å²) in [5.41, 5.74) is 5.21. The minimum absolute atomic E-state index is 0.209. The molecule has 5 rings (SSSR count). The van der Waals surface area contributed by atoms with E-state index < -0.39 is 0 Å². The van der Waals surface area contributed by atoms with Crippen molar-refractivity contribution in [1.82, 2.24) is 19.4 Å². The first-order valence-corrected chi connectivity index (χ1v) is 12.8. The first-order chi connectivity index (χ1) is 17.8. The lowest BCUT2D eigenvalue weighted by atomic mass is 10.0. The molecule has 4 aromatic rings. The molecule has 194 valence electrons. The Bertz CT molecular complexity index is 1400. The average Bonchev–Trinajstić information content (AvgIpc) is 3.55. The molecule has 0 aliphatic carbocycles. The number of aromatic nitrogens is 4. The van der Waals surface area contributed by atoms with Gasteiger partial charge in [-0.25, -0.2) is 9.97 Å². The zero-order chi connectivity index (χ0) is 26.0. The summed E-state index contributed by atoms with van der Waals surface area (Å²) in [6, 6.07) is 5.76. The van der Waals surface area contributed by atoms with Crippen molar-refractivity contribution in [2.45, 2.75) is 58.5 Å². The third-order valence-electron chi connectivity index (χ3n) is 6.98. The van der Waals surface area contributed by atoms with Gasteiger partial charge in [0.25, 0.3) is 5.91 Å². The SMILES string of the molecule is COC(C)(C)CCc1cn2cc(NC(=O)c3coc(-c4ccnc(C)c4)n3)c(N3CCCCC3)cc2n1. The van der Waals surface area contributed by atoms with Gasteiger partial charge in [-0.1, -0.05) is 0 Å². The maximum absolute atomic E-state index is 13.2. The molecule has 4 aromatic heterocycles. The number of hydrogen-bond acceptors (Lipinski definition) is 7. The lowest BCUT2D eigenvalue weighted by molar-refractivity contribution is 0.0156. The lowest BCUT2D eigenvalue weighted by Gasteiger charge is -2.30. The van der Waals surface area contributed by atoms with Crippen LogP contribution in [0.25, 0.3) is 17.1 Å². The predicted molar refractivity (Wildman–Crippen MR) is 143 cm³/mol. The standard InChI is InChI=1S/C28H34N6O3/c1-19-14-20(9-11-29-19)27-32-23(18-37-27)26(35)31-22-17-34-16-21(8-10-28(2,3)36-4)30-25(34)15-24(22)33-12-6-5-7-13-33/h9,11,14-18H,5-8,10,12-13H2,1-4H3,(H,31,35). The van der Waals surface area contributed by atoms with Gasteiger partial charge in [-0.15, -0.1) is 0 Å². The van der Waals surface area contributed by atoms with Crippen LogP contribution >= 0.6 is 0 Å². The maximum atomic E-state index is 13.2. The molecule has 0 atom stereocenters. The van der Waals surface area contributed by atoms with E-state index in [1.807, 2.05) is 35.9 Å². The van der Waals surface area contributed by atoms with Crippen LogP contribution in [0, 0.1) is 6.92 Å². The number of fused-ring (bicyclic) bond motifs is 1. The molecule has 1 aliphatic heterocycles. The number of nitrogens with zero attached hydrogens (tertiary/aromatic N) is 5. The molecular formula is C28H34N6O3. The van der Waals surface area contributed by atoms with Crippen molar-refractivity contribution in [3.05, 3.63) is 60.1 Å². The number of carbonyl (C=O) groups excluding carboxylic acids is 1. The highest BCUT2D eigenvalue weighted by atomic mass is 16.5. The van der Waals surface area contributed by atoms with Gasteiger partial charge in [0.1, 0.15) is 11.9 Å². The van der Waals surface area contributed by atoms with Crippen molar-refractivity contribution in [2.24, 2.45) is 0 Å². The van der Waals surface area contributed by atoms with E-state index in [9.17, 15) is 4.79 Å². The molecule has 0 saturated carbocycles. The Morgan fingerprint density at radius 2 is 1.97 bits per heavy atom. The van der Waals surface area contributed by atoms with E-state index >= 15 is 0 Å². The van der Waals surface area contributed by atoms with Crippen molar-refractivity contribution >= 4 is 22.9 Å². The van der Waals surface area contributed by atoms with E-state index in [1.54, 1.807) is 13.3 Å². The Labute approximate surface area is 216 Å². The van der Waals surface area contributed by atoms with Gasteiger partial charge < -0.3 is 23.8 Å². The number of anilines is 2. The molecule has 1 fully saturated rings. The fourth-order valence-electron chi connectivity index (χ4n) is 4.60. The van der Waals surface area contributed by atoms with Crippen LogP contribution in [0.5, 0.6) is 0 Å². The van der Waals surface area contributed by atoms with Gasteiger partial charge in [-0.05, 0) is 65.0 Å². The largest absolute Gasteiger partial charge is 0.444 e. The van der Waals surface area contributed by atoms with Gasteiger partial charge in [-0.3, -0.25) is 9.78 Å². The van der Waals surface area contributed by atoms with Crippen molar-refractivity contribution in [2.75, 3.05) is 30.4 Å². The Kier molecular flexibility index (Phi) is 6.97. The van der Waals surface area contributed by atoms with Gasteiger partial charge in [-0.2, -0.15) is 0 Å². The molecule has 0 radical (unpaired) electrons. The van der Waals surface area contributed by atoms with Crippen molar-refractivity contribution < 1.29 is 13.9 Å². The topological polar surface area (TPSA) is 97.8 Å². The highest BCUT2D eigenvalue weighted by Crippen LogP contribution is 2.31. The number of oxazole rings is 1. The van der Waals surface area contributed by atoms with E-state index in [4.69, 9.17) is 14.1 Å². The molecule has 1 amide bonds. The summed E-state index contributed by atoms with van der Waals surface area (Å²) in [5, 5.41) is 3.08. The number of methoxy groups -OCH3 is 1. The fraction of sp³-hybridized carbons (Fsp3) is 0.429. The number of hydrogen-bond donors (Lipinski definition) is 1. The molecule has 0 unspecified atom stereocenters. The van der Waals surface area contributed by atoms with E-state index in [0.717, 1.165) is 72.7 Å². The van der Waals surface area contributed by atoms with E-state index in [-0.39, 0.29) is 17.2 Å². The fourth-order valence-corrected chi connectivity index (χ4v) is 4.60. The third kappa shape index (κ3) is 5.67. The molecule has 1 aliphatic rings. The normalized spacial score (nSPS) is 14.3. The molecule has 9 heteroatoms. The summed E-state index contributed by atoms with van der Waals surface area (Å²) in [5.74, 6) is 0.0705. The first kappa shape index (κ1) is 25.0. The van der Waals surface area contributed by atoms with Gasteiger partial charge in [0.15, 0.2) is 5.69 Å². The van der Waals surface area contributed by atoms with Crippen LogP contribution in [-0.4, -0.2) is 51.1 Å². The highest BCUT2D eigenvalue weighted by molar-refractivity contribution is 6.04. The first-order valence-electron chi connectivity index (χ1n) is 12.8. The molecule has 37 heavy (non-hydrogen) atoms. The van der Waals surface area contributed by atoms with Crippen LogP contribution in [0.1, 0.15) is 61.4 Å².